The molecule has 6 heteroatoms. The van der Waals surface area contributed by atoms with Crippen LogP contribution in [-0.2, 0) is 13.6 Å². The highest BCUT2D eigenvalue weighted by molar-refractivity contribution is 5.33. The van der Waals surface area contributed by atoms with Crippen LogP contribution in [0.3, 0.4) is 0 Å². The first-order chi connectivity index (χ1) is 12.0. The smallest absolute Gasteiger partial charge is 0.227 e. The molecule has 3 rings (SSSR count). The third-order valence-electron chi connectivity index (χ3n) is 5.42. The van der Waals surface area contributed by atoms with Crippen molar-refractivity contribution < 1.29 is 0 Å². The van der Waals surface area contributed by atoms with Gasteiger partial charge in [0.05, 0.1) is 0 Å². The van der Waals surface area contributed by atoms with E-state index in [1.54, 1.807) is 0 Å². The first-order valence-corrected chi connectivity index (χ1v) is 9.67. The molecule has 0 spiro atoms. The summed E-state index contributed by atoms with van der Waals surface area (Å²) in [6.45, 7) is 12.1. The highest BCUT2D eigenvalue weighted by Gasteiger charge is 2.27. The maximum atomic E-state index is 4.59. The zero-order chi connectivity index (χ0) is 18.0. The van der Waals surface area contributed by atoms with Crippen LogP contribution in [0.25, 0.3) is 0 Å². The Morgan fingerprint density at radius 2 is 1.88 bits per heavy atom. The number of anilines is 1. The Kier molecular flexibility index (Phi) is 5.45. The van der Waals surface area contributed by atoms with Gasteiger partial charge in [0, 0.05) is 50.4 Å². The quantitative estimate of drug-likeness (QED) is 0.804. The van der Waals surface area contributed by atoms with Crippen molar-refractivity contribution in [3.8, 4) is 0 Å². The second-order valence-electron chi connectivity index (χ2n) is 7.81. The Morgan fingerprint density at radius 1 is 1.16 bits per heavy atom. The highest BCUT2D eigenvalue weighted by Crippen LogP contribution is 2.31. The minimum atomic E-state index is 0.451. The fourth-order valence-corrected chi connectivity index (χ4v) is 3.79. The maximum absolute atomic E-state index is 4.59. The lowest BCUT2D eigenvalue weighted by atomic mass is 9.93. The number of hydrogen-bond donors (Lipinski definition) is 0. The average molecular weight is 345 g/mol. The van der Waals surface area contributed by atoms with Crippen molar-refractivity contribution in [3.05, 3.63) is 23.8 Å². The molecule has 0 saturated carbocycles. The van der Waals surface area contributed by atoms with Gasteiger partial charge in [0.15, 0.2) is 0 Å². The molecule has 2 aromatic rings. The Hall–Kier alpha value is -1.85. The molecule has 1 aliphatic heterocycles. The van der Waals surface area contributed by atoms with Crippen molar-refractivity contribution >= 4 is 5.95 Å². The fraction of sp³-hybridized carbons (Fsp3) is 0.737. The molecule has 0 bridgehead atoms. The van der Waals surface area contributed by atoms with Crippen molar-refractivity contribution in [2.45, 2.75) is 65.3 Å². The summed E-state index contributed by atoms with van der Waals surface area (Å²) in [4.78, 5) is 2.42. The molecule has 0 amide bonds. The van der Waals surface area contributed by atoms with Crippen LogP contribution >= 0.6 is 0 Å². The van der Waals surface area contributed by atoms with Gasteiger partial charge < -0.3 is 4.90 Å². The molecule has 1 aliphatic rings. The van der Waals surface area contributed by atoms with E-state index in [2.05, 4.69) is 58.5 Å². The van der Waals surface area contributed by atoms with Gasteiger partial charge in [-0.25, -0.2) is 0 Å². The lowest BCUT2D eigenvalue weighted by molar-refractivity contribution is 0.452. The van der Waals surface area contributed by atoms with E-state index >= 15 is 0 Å². The van der Waals surface area contributed by atoms with E-state index < -0.39 is 0 Å². The van der Waals surface area contributed by atoms with Gasteiger partial charge in [0.2, 0.25) is 5.95 Å². The van der Waals surface area contributed by atoms with E-state index in [0.29, 0.717) is 17.8 Å². The van der Waals surface area contributed by atoms with Gasteiger partial charge in [-0.3, -0.25) is 9.25 Å². The topological polar surface area (TPSA) is 51.8 Å². The molecule has 1 fully saturated rings. The third kappa shape index (κ3) is 3.72. The van der Waals surface area contributed by atoms with Crippen LogP contribution in [0.5, 0.6) is 0 Å². The fourth-order valence-electron chi connectivity index (χ4n) is 3.79. The minimum Gasteiger partial charge on any atom is -0.341 e. The van der Waals surface area contributed by atoms with Crippen molar-refractivity contribution in [1.29, 1.82) is 0 Å². The molecular weight excluding hydrogens is 312 g/mol. The summed E-state index contributed by atoms with van der Waals surface area (Å²) in [6.07, 6.45) is 5.29. The van der Waals surface area contributed by atoms with Crippen molar-refractivity contribution in [1.82, 2.24) is 24.5 Å². The summed E-state index contributed by atoms with van der Waals surface area (Å²) in [5, 5.41) is 13.5. The van der Waals surface area contributed by atoms with Crippen LogP contribution in [0.4, 0.5) is 5.95 Å². The number of piperidine rings is 1. The monoisotopic (exact) mass is 344 g/mol. The van der Waals surface area contributed by atoms with E-state index in [1.807, 2.05) is 17.9 Å². The van der Waals surface area contributed by atoms with Crippen LogP contribution in [0.15, 0.2) is 12.3 Å². The highest BCUT2D eigenvalue weighted by atomic mass is 15.4. The van der Waals surface area contributed by atoms with Crippen LogP contribution in [0, 0.1) is 5.92 Å². The van der Waals surface area contributed by atoms with Crippen LogP contribution in [0.1, 0.15) is 70.3 Å². The summed E-state index contributed by atoms with van der Waals surface area (Å²) in [7, 11) is 2.04. The molecule has 2 aromatic heterocycles. The molecule has 138 valence electrons. The number of rotatable bonds is 6. The van der Waals surface area contributed by atoms with E-state index in [-0.39, 0.29) is 0 Å². The molecular formula is C19H32N6. The summed E-state index contributed by atoms with van der Waals surface area (Å²) >= 11 is 0. The largest absolute Gasteiger partial charge is 0.341 e. The minimum absolute atomic E-state index is 0.451. The Labute approximate surface area is 151 Å². The Bertz CT molecular complexity index is 678. The summed E-state index contributed by atoms with van der Waals surface area (Å²) in [5.41, 5.74) is 1.35. The van der Waals surface area contributed by atoms with Gasteiger partial charge in [0.25, 0.3) is 0 Å². The van der Waals surface area contributed by atoms with Gasteiger partial charge in [-0.05, 0) is 31.2 Å². The van der Waals surface area contributed by atoms with E-state index in [4.69, 9.17) is 0 Å². The van der Waals surface area contributed by atoms with E-state index in [0.717, 1.165) is 50.7 Å². The molecule has 1 unspecified atom stereocenters. The molecule has 0 radical (unpaired) electrons. The predicted octanol–water partition coefficient (Wildman–Crippen LogP) is 3.57. The normalized spacial score (nSPS) is 17.4. The molecule has 25 heavy (non-hydrogen) atoms. The number of hydrogen-bond acceptors (Lipinski definition) is 4. The van der Waals surface area contributed by atoms with Crippen LogP contribution in [0.2, 0.25) is 0 Å². The van der Waals surface area contributed by atoms with Gasteiger partial charge in [-0.1, -0.05) is 27.7 Å². The van der Waals surface area contributed by atoms with Crippen molar-refractivity contribution in [2.24, 2.45) is 13.0 Å². The molecule has 0 aromatic carbocycles. The molecule has 1 saturated heterocycles. The van der Waals surface area contributed by atoms with Crippen LogP contribution < -0.4 is 4.90 Å². The first kappa shape index (κ1) is 18.0. The molecule has 3 heterocycles. The average Bonchev–Trinajstić information content (AvgIpc) is 3.20. The molecule has 0 aliphatic carbocycles. The van der Waals surface area contributed by atoms with Gasteiger partial charge in [-0.15, -0.1) is 10.2 Å². The first-order valence-electron chi connectivity index (χ1n) is 9.67. The SMILES string of the molecule is CCC(C)c1nnc(N2CCC(c3ccnn3C)CC2)n1CC(C)C. The molecule has 0 N–H and O–H groups in total. The summed E-state index contributed by atoms with van der Waals surface area (Å²) in [6, 6.07) is 2.16. The van der Waals surface area contributed by atoms with Gasteiger partial charge in [-0.2, -0.15) is 5.10 Å². The maximum Gasteiger partial charge on any atom is 0.227 e. The van der Waals surface area contributed by atoms with Crippen LogP contribution in [-0.4, -0.2) is 37.6 Å². The second kappa shape index (κ2) is 7.58. The van der Waals surface area contributed by atoms with E-state index in [1.165, 1.54) is 5.69 Å². The van der Waals surface area contributed by atoms with Gasteiger partial charge >= 0.3 is 0 Å². The van der Waals surface area contributed by atoms with Crippen molar-refractivity contribution in [3.63, 3.8) is 0 Å². The number of aryl methyl sites for hydroxylation is 1. The predicted molar refractivity (Wildman–Crippen MR) is 101 cm³/mol. The zero-order valence-corrected chi connectivity index (χ0v) is 16.3. The molecule has 1 atom stereocenters. The lowest BCUT2D eigenvalue weighted by Gasteiger charge is -2.33. The zero-order valence-electron chi connectivity index (χ0n) is 16.3. The third-order valence-corrected chi connectivity index (χ3v) is 5.42. The van der Waals surface area contributed by atoms with Gasteiger partial charge in [0.1, 0.15) is 5.82 Å². The summed E-state index contributed by atoms with van der Waals surface area (Å²) < 4.78 is 4.38. The number of nitrogens with zero attached hydrogens (tertiary/aromatic N) is 6. The molecule has 6 nitrogen and oxygen atoms in total. The Morgan fingerprint density at radius 3 is 2.44 bits per heavy atom. The Balaban J connectivity index is 1.76. The summed E-state index contributed by atoms with van der Waals surface area (Å²) in [5.74, 6) is 3.84. The lowest BCUT2D eigenvalue weighted by Crippen LogP contribution is -2.35. The second-order valence-corrected chi connectivity index (χ2v) is 7.81. The standard InChI is InChI=1S/C19H32N6/c1-6-15(4)18-21-22-19(25(18)13-14(2)3)24-11-8-16(9-12-24)17-7-10-20-23(17)5/h7,10,14-16H,6,8-9,11-13H2,1-5H3. The van der Waals surface area contributed by atoms with Crippen molar-refractivity contribution in [2.75, 3.05) is 18.0 Å². The van der Waals surface area contributed by atoms with E-state index in [9.17, 15) is 0 Å². The number of aromatic nitrogens is 5.